The molecular weight excluding hydrogens is 198 g/mol. The Morgan fingerprint density at radius 1 is 1.56 bits per heavy atom. The van der Waals surface area contributed by atoms with Crippen molar-refractivity contribution in [2.75, 3.05) is 13.2 Å². The molecule has 0 fully saturated rings. The van der Waals surface area contributed by atoms with Crippen molar-refractivity contribution in [3.8, 4) is 5.75 Å². The van der Waals surface area contributed by atoms with Gasteiger partial charge in [-0.15, -0.1) is 6.58 Å². The molecule has 1 unspecified atom stereocenters. The van der Waals surface area contributed by atoms with Crippen molar-refractivity contribution in [3.05, 3.63) is 42.0 Å². The minimum atomic E-state index is 0.387. The van der Waals surface area contributed by atoms with E-state index in [0.717, 1.165) is 31.7 Å². The van der Waals surface area contributed by atoms with Gasteiger partial charge in [0.25, 0.3) is 0 Å². The SMILES string of the molecule is C=CC(C)NCCc1ccc2c(c1)CCO2. The molecule has 0 radical (unpaired) electrons. The number of ether oxygens (including phenoxy) is 1. The van der Waals surface area contributed by atoms with Crippen LogP contribution in [0.1, 0.15) is 18.1 Å². The molecule has 0 aromatic heterocycles. The van der Waals surface area contributed by atoms with E-state index in [1.807, 2.05) is 6.08 Å². The van der Waals surface area contributed by atoms with Crippen LogP contribution < -0.4 is 10.1 Å². The molecule has 2 nitrogen and oxygen atoms in total. The van der Waals surface area contributed by atoms with Crippen molar-refractivity contribution in [1.29, 1.82) is 0 Å². The summed E-state index contributed by atoms with van der Waals surface area (Å²) in [5.41, 5.74) is 2.74. The average Bonchev–Trinajstić information content (AvgIpc) is 2.76. The number of nitrogens with one attached hydrogen (secondary N) is 1. The van der Waals surface area contributed by atoms with E-state index in [4.69, 9.17) is 4.74 Å². The zero-order chi connectivity index (χ0) is 11.4. The van der Waals surface area contributed by atoms with Crippen LogP contribution in [0.3, 0.4) is 0 Å². The molecule has 2 heteroatoms. The Kier molecular flexibility index (Phi) is 3.62. The Balaban J connectivity index is 1.88. The monoisotopic (exact) mass is 217 g/mol. The van der Waals surface area contributed by atoms with E-state index in [2.05, 4.69) is 37.0 Å². The standard InChI is InChI=1S/C14H19NO/c1-3-11(2)15-8-6-12-4-5-14-13(10-12)7-9-16-14/h3-5,10-11,15H,1,6-9H2,2H3. The van der Waals surface area contributed by atoms with Gasteiger partial charge in [-0.25, -0.2) is 0 Å². The van der Waals surface area contributed by atoms with Crippen LogP contribution in [0.2, 0.25) is 0 Å². The summed E-state index contributed by atoms with van der Waals surface area (Å²) in [7, 11) is 0. The summed E-state index contributed by atoms with van der Waals surface area (Å²) in [4.78, 5) is 0. The van der Waals surface area contributed by atoms with Gasteiger partial charge in [0.1, 0.15) is 5.75 Å². The fraction of sp³-hybridized carbons (Fsp3) is 0.429. The minimum Gasteiger partial charge on any atom is -0.493 e. The van der Waals surface area contributed by atoms with Gasteiger partial charge >= 0.3 is 0 Å². The lowest BCUT2D eigenvalue weighted by Gasteiger charge is -2.09. The highest BCUT2D eigenvalue weighted by atomic mass is 16.5. The number of rotatable bonds is 5. The van der Waals surface area contributed by atoms with Gasteiger partial charge in [-0.05, 0) is 37.1 Å². The quantitative estimate of drug-likeness (QED) is 0.764. The Morgan fingerprint density at radius 3 is 3.25 bits per heavy atom. The molecule has 86 valence electrons. The third kappa shape index (κ3) is 2.64. The van der Waals surface area contributed by atoms with E-state index in [9.17, 15) is 0 Å². The highest BCUT2D eigenvalue weighted by Gasteiger charge is 2.11. The predicted molar refractivity (Wildman–Crippen MR) is 67.0 cm³/mol. The van der Waals surface area contributed by atoms with Crippen molar-refractivity contribution >= 4 is 0 Å². The zero-order valence-corrected chi connectivity index (χ0v) is 9.83. The first-order valence-corrected chi connectivity index (χ1v) is 5.90. The van der Waals surface area contributed by atoms with Gasteiger partial charge in [0, 0.05) is 12.5 Å². The molecule has 1 aromatic rings. The molecule has 0 aliphatic carbocycles. The fourth-order valence-electron chi connectivity index (χ4n) is 1.92. The van der Waals surface area contributed by atoms with E-state index < -0.39 is 0 Å². The van der Waals surface area contributed by atoms with Crippen LogP contribution in [0.25, 0.3) is 0 Å². The second-order valence-electron chi connectivity index (χ2n) is 4.27. The summed E-state index contributed by atoms with van der Waals surface area (Å²) in [6.45, 7) is 7.70. The van der Waals surface area contributed by atoms with E-state index in [0.29, 0.717) is 6.04 Å². The Labute approximate surface area is 97.3 Å². The van der Waals surface area contributed by atoms with Crippen molar-refractivity contribution < 1.29 is 4.74 Å². The second kappa shape index (κ2) is 5.17. The molecule has 0 saturated carbocycles. The molecule has 1 aliphatic rings. The van der Waals surface area contributed by atoms with Crippen molar-refractivity contribution in [1.82, 2.24) is 5.32 Å². The van der Waals surface area contributed by atoms with Gasteiger partial charge in [-0.3, -0.25) is 0 Å². The van der Waals surface area contributed by atoms with E-state index in [1.54, 1.807) is 0 Å². The molecule has 1 N–H and O–H groups in total. The third-order valence-corrected chi connectivity index (χ3v) is 2.99. The molecule has 1 aliphatic heterocycles. The van der Waals surface area contributed by atoms with Crippen LogP contribution in [0, 0.1) is 0 Å². The van der Waals surface area contributed by atoms with Crippen molar-refractivity contribution in [2.45, 2.75) is 25.8 Å². The maximum Gasteiger partial charge on any atom is 0.122 e. The highest BCUT2D eigenvalue weighted by Crippen LogP contribution is 2.25. The van der Waals surface area contributed by atoms with Gasteiger partial charge < -0.3 is 10.1 Å². The molecule has 1 aromatic carbocycles. The number of benzene rings is 1. The van der Waals surface area contributed by atoms with E-state index in [1.165, 1.54) is 11.1 Å². The van der Waals surface area contributed by atoms with Gasteiger partial charge in [-0.2, -0.15) is 0 Å². The van der Waals surface area contributed by atoms with Crippen molar-refractivity contribution in [2.24, 2.45) is 0 Å². The average molecular weight is 217 g/mol. The number of hydrogen-bond donors (Lipinski definition) is 1. The summed E-state index contributed by atoms with van der Waals surface area (Å²) in [5, 5.41) is 3.40. The summed E-state index contributed by atoms with van der Waals surface area (Å²) in [6, 6.07) is 6.90. The maximum atomic E-state index is 5.48. The van der Waals surface area contributed by atoms with Gasteiger partial charge in [0.05, 0.1) is 6.61 Å². The molecule has 0 amide bonds. The van der Waals surface area contributed by atoms with Gasteiger partial charge in [0.15, 0.2) is 0 Å². The largest absolute Gasteiger partial charge is 0.493 e. The van der Waals surface area contributed by atoms with Crippen LogP contribution in [0.15, 0.2) is 30.9 Å². The molecule has 1 heterocycles. The van der Waals surface area contributed by atoms with Crippen LogP contribution in [0.4, 0.5) is 0 Å². The normalized spacial score (nSPS) is 15.3. The molecule has 1 atom stereocenters. The fourth-order valence-corrected chi connectivity index (χ4v) is 1.92. The van der Waals surface area contributed by atoms with Crippen LogP contribution in [-0.4, -0.2) is 19.2 Å². The third-order valence-electron chi connectivity index (χ3n) is 2.99. The lowest BCUT2D eigenvalue weighted by molar-refractivity contribution is 0.357. The number of fused-ring (bicyclic) bond motifs is 1. The molecular formula is C14H19NO. The van der Waals surface area contributed by atoms with Crippen LogP contribution >= 0.6 is 0 Å². The predicted octanol–water partition coefficient (Wildman–Crippen LogP) is 2.33. The minimum absolute atomic E-state index is 0.387. The van der Waals surface area contributed by atoms with E-state index >= 15 is 0 Å². The number of hydrogen-bond acceptors (Lipinski definition) is 2. The molecule has 2 rings (SSSR count). The summed E-state index contributed by atoms with van der Waals surface area (Å²) >= 11 is 0. The lowest BCUT2D eigenvalue weighted by atomic mass is 10.1. The Hall–Kier alpha value is -1.28. The Morgan fingerprint density at radius 2 is 2.44 bits per heavy atom. The topological polar surface area (TPSA) is 21.3 Å². The smallest absolute Gasteiger partial charge is 0.122 e. The molecule has 0 spiro atoms. The zero-order valence-electron chi connectivity index (χ0n) is 9.83. The molecule has 0 bridgehead atoms. The second-order valence-corrected chi connectivity index (χ2v) is 4.27. The van der Waals surface area contributed by atoms with Gasteiger partial charge in [-0.1, -0.05) is 18.2 Å². The molecule has 16 heavy (non-hydrogen) atoms. The highest BCUT2D eigenvalue weighted by molar-refractivity contribution is 5.39. The van der Waals surface area contributed by atoms with Crippen LogP contribution in [-0.2, 0) is 12.8 Å². The summed E-state index contributed by atoms with van der Waals surface area (Å²) < 4.78 is 5.48. The first-order chi connectivity index (χ1) is 7.79. The first-order valence-electron chi connectivity index (χ1n) is 5.90. The maximum absolute atomic E-state index is 5.48. The lowest BCUT2D eigenvalue weighted by Crippen LogP contribution is -2.25. The van der Waals surface area contributed by atoms with Crippen molar-refractivity contribution in [3.63, 3.8) is 0 Å². The molecule has 0 saturated heterocycles. The van der Waals surface area contributed by atoms with Gasteiger partial charge in [0.2, 0.25) is 0 Å². The summed E-state index contributed by atoms with van der Waals surface area (Å²) in [5.74, 6) is 1.07. The Bertz CT molecular complexity index is 373. The van der Waals surface area contributed by atoms with Crippen LogP contribution in [0.5, 0.6) is 5.75 Å². The van der Waals surface area contributed by atoms with E-state index in [-0.39, 0.29) is 0 Å². The first kappa shape index (κ1) is 11.2. The summed E-state index contributed by atoms with van der Waals surface area (Å²) in [6.07, 6.45) is 4.04.